The second-order valence-corrected chi connectivity index (χ2v) is 4.47. The van der Waals surface area contributed by atoms with Gasteiger partial charge in [0.1, 0.15) is 0 Å². The minimum atomic E-state index is 0.548. The summed E-state index contributed by atoms with van der Waals surface area (Å²) < 4.78 is 0. The zero-order valence-electron chi connectivity index (χ0n) is 9.40. The molecule has 1 aromatic rings. The van der Waals surface area contributed by atoms with Crippen LogP contribution >= 0.6 is 0 Å². The number of anilines is 2. The van der Waals surface area contributed by atoms with E-state index < -0.39 is 0 Å². The van der Waals surface area contributed by atoms with Gasteiger partial charge in [0.05, 0.1) is 0 Å². The van der Waals surface area contributed by atoms with Gasteiger partial charge in [-0.3, -0.25) is 0 Å². The molecule has 3 heteroatoms. The van der Waals surface area contributed by atoms with Crippen LogP contribution in [0.2, 0.25) is 0 Å². The Labute approximate surface area is 91.3 Å². The molecule has 0 bridgehead atoms. The van der Waals surface area contributed by atoms with Crippen LogP contribution < -0.4 is 16.0 Å². The van der Waals surface area contributed by atoms with Crippen LogP contribution in [-0.2, 0) is 0 Å². The number of nitrogens with one attached hydrogen (secondary N) is 1. The second-order valence-electron chi connectivity index (χ2n) is 4.47. The van der Waals surface area contributed by atoms with Crippen molar-refractivity contribution in [2.24, 2.45) is 0 Å². The molecule has 3 N–H and O–H groups in total. The van der Waals surface area contributed by atoms with Crippen molar-refractivity contribution in [3.05, 3.63) is 24.3 Å². The summed E-state index contributed by atoms with van der Waals surface area (Å²) in [6.07, 6.45) is 0. The highest BCUT2D eigenvalue weighted by atomic mass is 15.2. The summed E-state index contributed by atoms with van der Waals surface area (Å²) in [5, 5.41) is 3.52. The lowest BCUT2D eigenvalue weighted by molar-refractivity contribution is 0.407. The molecule has 1 saturated heterocycles. The molecule has 2 atom stereocenters. The fourth-order valence-electron chi connectivity index (χ4n) is 2.22. The fraction of sp³-hybridized carbons (Fsp3) is 0.500. The molecule has 0 spiro atoms. The minimum absolute atomic E-state index is 0.548. The maximum absolute atomic E-state index is 5.68. The van der Waals surface area contributed by atoms with E-state index in [2.05, 4.69) is 36.2 Å². The van der Waals surface area contributed by atoms with Crippen LogP contribution in [0.5, 0.6) is 0 Å². The number of hydrogen-bond acceptors (Lipinski definition) is 3. The third kappa shape index (κ3) is 2.42. The number of hydrogen-bond donors (Lipinski definition) is 2. The molecule has 0 aliphatic carbocycles. The van der Waals surface area contributed by atoms with E-state index in [1.54, 1.807) is 0 Å². The van der Waals surface area contributed by atoms with Gasteiger partial charge in [0.2, 0.25) is 0 Å². The van der Waals surface area contributed by atoms with E-state index in [0.717, 1.165) is 18.8 Å². The van der Waals surface area contributed by atoms with Crippen molar-refractivity contribution in [2.45, 2.75) is 25.9 Å². The van der Waals surface area contributed by atoms with Gasteiger partial charge in [0, 0.05) is 36.5 Å². The van der Waals surface area contributed by atoms with Crippen molar-refractivity contribution < 1.29 is 0 Å². The first-order valence-electron chi connectivity index (χ1n) is 5.51. The molecule has 1 aromatic carbocycles. The molecule has 0 aromatic heterocycles. The Morgan fingerprint density at radius 2 is 1.67 bits per heavy atom. The van der Waals surface area contributed by atoms with Crippen LogP contribution in [0.4, 0.5) is 11.4 Å². The van der Waals surface area contributed by atoms with E-state index in [1.807, 2.05) is 12.1 Å². The highest BCUT2D eigenvalue weighted by molar-refractivity contribution is 5.53. The largest absolute Gasteiger partial charge is 0.399 e. The number of piperazine rings is 1. The lowest BCUT2D eigenvalue weighted by Gasteiger charge is -2.37. The summed E-state index contributed by atoms with van der Waals surface area (Å²) in [7, 11) is 0. The van der Waals surface area contributed by atoms with Gasteiger partial charge in [-0.2, -0.15) is 0 Å². The molecule has 82 valence electrons. The highest BCUT2D eigenvalue weighted by Gasteiger charge is 2.20. The van der Waals surface area contributed by atoms with Gasteiger partial charge >= 0.3 is 0 Å². The molecule has 0 amide bonds. The molecule has 0 radical (unpaired) electrons. The first kappa shape index (κ1) is 10.3. The first-order chi connectivity index (χ1) is 7.15. The molecule has 0 saturated carbocycles. The van der Waals surface area contributed by atoms with Crippen molar-refractivity contribution >= 4 is 11.4 Å². The van der Waals surface area contributed by atoms with Gasteiger partial charge in [0.25, 0.3) is 0 Å². The van der Waals surface area contributed by atoms with Crippen molar-refractivity contribution in [3.63, 3.8) is 0 Å². The summed E-state index contributed by atoms with van der Waals surface area (Å²) in [4.78, 5) is 2.41. The smallest absolute Gasteiger partial charge is 0.0368 e. The average Bonchev–Trinajstić information content (AvgIpc) is 2.17. The van der Waals surface area contributed by atoms with Crippen molar-refractivity contribution in [3.8, 4) is 0 Å². The predicted molar refractivity (Wildman–Crippen MR) is 65.1 cm³/mol. The van der Waals surface area contributed by atoms with Crippen LogP contribution in [0.25, 0.3) is 0 Å². The van der Waals surface area contributed by atoms with Gasteiger partial charge < -0.3 is 16.0 Å². The van der Waals surface area contributed by atoms with Crippen LogP contribution in [0.3, 0.4) is 0 Å². The number of nitrogen functional groups attached to an aromatic ring is 1. The fourth-order valence-corrected chi connectivity index (χ4v) is 2.22. The molecule has 1 heterocycles. The van der Waals surface area contributed by atoms with E-state index in [0.29, 0.717) is 12.1 Å². The molecule has 3 nitrogen and oxygen atoms in total. The van der Waals surface area contributed by atoms with Gasteiger partial charge in [-0.05, 0) is 38.1 Å². The van der Waals surface area contributed by atoms with E-state index in [4.69, 9.17) is 5.73 Å². The summed E-state index contributed by atoms with van der Waals surface area (Å²) in [6.45, 7) is 6.57. The van der Waals surface area contributed by atoms with E-state index in [1.165, 1.54) is 5.69 Å². The van der Waals surface area contributed by atoms with Crippen LogP contribution in [0.15, 0.2) is 24.3 Å². The molecular weight excluding hydrogens is 186 g/mol. The predicted octanol–water partition coefficient (Wildman–Crippen LogP) is 1.46. The monoisotopic (exact) mass is 205 g/mol. The minimum Gasteiger partial charge on any atom is -0.399 e. The van der Waals surface area contributed by atoms with Crippen molar-refractivity contribution in [2.75, 3.05) is 23.7 Å². The van der Waals surface area contributed by atoms with Gasteiger partial charge in [-0.25, -0.2) is 0 Å². The third-order valence-corrected chi connectivity index (χ3v) is 2.82. The zero-order valence-corrected chi connectivity index (χ0v) is 9.40. The molecule has 1 aliphatic heterocycles. The van der Waals surface area contributed by atoms with E-state index in [9.17, 15) is 0 Å². The van der Waals surface area contributed by atoms with E-state index >= 15 is 0 Å². The molecule has 2 rings (SSSR count). The van der Waals surface area contributed by atoms with Crippen molar-refractivity contribution in [1.82, 2.24) is 5.32 Å². The summed E-state index contributed by atoms with van der Waals surface area (Å²) >= 11 is 0. The summed E-state index contributed by atoms with van der Waals surface area (Å²) in [5.41, 5.74) is 7.78. The maximum Gasteiger partial charge on any atom is 0.0368 e. The van der Waals surface area contributed by atoms with Gasteiger partial charge in [-0.15, -0.1) is 0 Å². The SMILES string of the molecule is CC1CN(c2ccc(N)cc2)C[C@H](C)N1. The molecule has 15 heavy (non-hydrogen) atoms. The lowest BCUT2D eigenvalue weighted by Crippen LogP contribution is -2.54. The quantitative estimate of drug-likeness (QED) is 0.682. The van der Waals surface area contributed by atoms with Gasteiger partial charge in [0.15, 0.2) is 0 Å². The molecular formula is C12H19N3. The highest BCUT2D eigenvalue weighted by Crippen LogP contribution is 2.18. The number of nitrogens with zero attached hydrogens (tertiary/aromatic N) is 1. The Morgan fingerprint density at radius 1 is 1.13 bits per heavy atom. The van der Waals surface area contributed by atoms with Crippen LogP contribution in [0, 0.1) is 0 Å². The Kier molecular flexibility index (Phi) is 2.82. The normalized spacial score (nSPS) is 26.7. The Bertz CT molecular complexity index is 310. The lowest BCUT2D eigenvalue weighted by atomic mass is 10.1. The van der Waals surface area contributed by atoms with E-state index in [-0.39, 0.29) is 0 Å². The Morgan fingerprint density at radius 3 is 2.20 bits per heavy atom. The summed E-state index contributed by atoms with van der Waals surface area (Å²) in [6, 6.07) is 9.22. The maximum atomic E-state index is 5.68. The topological polar surface area (TPSA) is 41.3 Å². The second kappa shape index (κ2) is 4.11. The zero-order chi connectivity index (χ0) is 10.8. The molecule has 1 fully saturated rings. The number of rotatable bonds is 1. The first-order valence-corrected chi connectivity index (χ1v) is 5.51. The van der Waals surface area contributed by atoms with Gasteiger partial charge in [-0.1, -0.05) is 0 Å². The molecule has 1 aliphatic rings. The van der Waals surface area contributed by atoms with Crippen molar-refractivity contribution in [1.29, 1.82) is 0 Å². The third-order valence-electron chi connectivity index (χ3n) is 2.82. The summed E-state index contributed by atoms with van der Waals surface area (Å²) in [5.74, 6) is 0. The van der Waals surface area contributed by atoms with Crippen LogP contribution in [-0.4, -0.2) is 25.2 Å². The Hall–Kier alpha value is -1.22. The van der Waals surface area contributed by atoms with Crippen LogP contribution in [0.1, 0.15) is 13.8 Å². The number of nitrogens with two attached hydrogens (primary N) is 1. The molecule has 1 unspecified atom stereocenters. The number of benzene rings is 1. The standard InChI is InChI=1S/C12H19N3/c1-9-7-15(8-10(2)14-9)12-5-3-11(13)4-6-12/h3-6,9-10,14H,7-8,13H2,1-2H3/t9-,10?/m0/s1. The average molecular weight is 205 g/mol. The Balaban J connectivity index is 2.12.